The molecule has 0 fully saturated rings. The predicted octanol–water partition coefficient (Wildman–Crippen LogP) is -1.10. The van der Waals surface area contributed by atoms with Crippen LogP contribution < -0.4 is 5.11 Å². The summed E-state index contributed by atoms with van der Waals surface area (Å²) in [5.41, 5.74) is 0. The van der Waals surface area contributed by atoms with Crippen molar-refractivity contribution in [3.05, 3.63) is 0 Å². The number of hydrogen-bond donors (Lipinski definition) is 1. The fourth-order valence-electron chi connectivity index (χ4n) is 0.391. The molecule has 0 aromatic carbocycles. The molecule has 0 aromatic rings. The van der Waals surface area contributed by atoms with Crippen molar-refractivity contribution in [2.75, 3.05) is 0 Å². The summed E-state index contributed by atoms with van der Waals surface area (Å²) in [4.78, 5) is 9.73. The third kappa shape index (κ3) is 2.58. The van der Waals surface area contributed by atoms with Crippen LogP contribution in [0.1, 0.15) is 19.8 Å². The smallest absolute Gasteiger partial charge is 0.0933 e. The molecule has 3 nitrogen and oxygen atoms in total. The highest BCUT2D eigenvalue weighted by atomic mass is 16.4. The lowest BCUT2D eigenvalue weighted by molar-refractivity contribution is -0.315. The minimum atomic E-state index is -1.38. The van der Waals surface area contributed by atoms with Gasteiger partial charge >= 0.3 is 0 Å². The Bertz CT molecular complexity index is 79.7. The molecule has 1 atom stereocenters. The number of hydrogen-bond acceptors (Lipinski definition) is 3. The number of carbonyl (C=O) groups is 1. The average Bonchev–Trinajstić information content (AvgIpc) is 1.67. The molecule has 0 aliphatic rings. The fourth-order valence-corrected chi connectivity index (χ4v) is 0.391. The third-order valence-electron chi connectivity index (χ3n) is 0.834. The molecule has 0 aliphatic heterocycles. The van der Waals surface area contributed by atoms with Crippen molar-refractivity contribution < 1.29 is 15.0 Å². The summed E-state index contributed by atoms with van der Waals surface area (Å²) in [6.07, 6.45) is -0.336. The Hall–Kier alpha value is -0.570. The Morgan fingerprint density at radius 2 is 2.38 bits per heavy atom. The summed E-state index contributed by atoms with van der Waals surface area (Å²) in [6.45, 7) is 1.80. The number of aliphatic hydroxyl groups excluding tert-OH is 1. The number of carboxylic acids is 1. The van der Waals surface area contributed by atoms with Gasteiger partial charge in [-0.2, -0.15) is 0 Å². The van der Waals surface area contributed by atoms with Crippen molar-refractivity contribution >= 4 is 5.97 Å². The van der Waals surface area contributed by atoms with Crippen LogP contribution in [0.25, 0.3) is 0 Å². The summed E-state index contributed by atoms with van der Waals surface area (Å²) < 4.78 is 0. The Morgan fingerprint density at radius 3 is 2.50 bits per heavy atom. The van der Waals surface area contributed by atoms with Gasteiger partial charge in [-0.15, -0.1) is 0 Å². The second kappa shape index (κ2) is 3.43. The van der Waals surface area contributed by atoms with E-state index in [-0.39, 0.29) is 6.42 Å². The molecule has 0 aliphatic carbocycles. The normalized spacial score (nSPS) is 13.2. The van der Waals surface area contributed by atoms with Crippen LogP contribution in [0.3, 0.4) is 0 Å². The molecule has 0 bridgehead atoms. The first kappa shape index (κ1) is 7.43. The molecule has 48 valence electrons. The molecule has 1 N–H and O–H groups in total. The standard InChI is InChI=1S/C5H10O3/c1-2-3-4(6)5(7)8/h4,6H,2-3H2,1H3,(H,7,8)/p-1. The van der Waals surface area contributed by atoms with Crippen molar-refractivity contribution in [3.8, 4) is 0 Å². The van der Waals surface area contributed by atoms with Gasteiger partial charge in [0.05, 0.1) is 12.1 Å². The maximum atomic E-state index is 9.73. The highest BCUT2D eigenvalue weighted by molar-refractivity contribution is 5.69. The molecule has 0 amide bonds. The topological polar surface area (TPSA) is 60.4 Å². The van der Waals surface area contributed by atoms with Crippen LogP contribution in [0.2, 0.25) is 0 Å². The summed E-state index contributed by atoms with van der Waals surface area (Å²) in [6, 6.07) is 0. The van der Waals surface area contributed by atoms with Crippen LogP contribution in [0.5, 0.6) is 0 Å². The van der Waals surface area contributed by atoms with Gasteiger partial charge in [-0.1, -0.05) is 13.3 Å². The van der Waals surface area contributed by atoms with Crippen LogP contribution in [-0.2, 0) is 4.79 Å². The van der Waals surface area contributed by atoms with E-state index in [1.807, 2.05) is 0 Å². The van der Waals surface area contributed by atoms with Crippen LogP contribution in [0.15, 0.2) is 0 Å². The number of rotatable bonds is 3. The molecule has 0 saturated heterocycles. The van der Waals surface area contributed by atoms with Crippen molar-refractivity contribution in [2.45, 2.75) is 25.9 Å². The summed E-state index contributed by atoms with van der Waals surface area (Å²) in [5, 5.41) is 18.2. The molecule has 1 unspecified atom stereocenters. The Balaban J connectivity index is 3.32. The minimum absolute atomic E-state index is 0.280. The molecule has 3 heteroatoms. The molecule has 0 heterocycles. The van der Waals surface area contributed by atoms with E-state index in [1.165, 1.54) is 0 Å². The van der Waals surface area contributed by atoms with Crippen molar-refractivity contribution in [1.29, 1.82) is 0 Å². The highest BCUT2D eigenvalue weighted by Gasteiger charge is 2.00. The first-order valence-electron chi connectivity index (χ1n) is 2.57. The zero-order valence-electron chi connectivity index (χ0n) is 4.76. The van der Waals surface area contributed by atoms with Crippen molar-refractivity contribution in [1.82, 2.24) is 0 Å². The van der Waals surface area contributed by atoms with Gasteiger partial charge in [0.1, 0.15) is 0 Å². The molecular weight excluding hydrogens is 108 g/mol. The van der Waals surface area contributed by atoms with Gasteiger partial charge in [-0.05, 0) is 6.42 Å². The molecule has 0 radical (unpaired) electrons. The molecule has 0 rings (SSSR count). The van der Waals surface area contributed by atoms with Gasteiger partial charge in [0, 0.05) is 0 Å². The number of carboxylic acid groups (broad SMARTS) is 1. The van der Waals surface area contributed by atoms with Crippen LogP contribution in [-0.4, -0.2) is 17.2 Å². The van der Waals surface area contributed by atoms with Gasteiger partial charge < -0.3 is 15.0 Å². The Morgan fingerprint density at radius 1 is 1.88 bits per heavy atom. The summed E-state index contributed by atoms with van der Waals surface area (Å²) in [7, 11) is 0. The summed E-state index contributed by atoms with van der Waals surface area (Å²) in [5.74, 6) is -1.38. The number of aliphatic carboxylic acids is 1. The van der Waals surface area contributed by atoms with E-state index in [1.54, 1.807) is 6.92 Å². The molecule has 0 aromatic heterocycles. The monoisotopic (exact) mass is 117 g/mol. The quantitative estimate of drug-likeness (QED) is 0.510. The molecule has 8 heavy (non-hydrogen) atoms. The maximum absolute atomic E-state index is 9.73. The predicted molar refractivity (Wildman–Crippen MR) is 25.9 cm³/mol. The molecule has 0 spiro atoms. The molecular formula is C5H9O3-. The van der Waals surface area contributed by atoms with Crippen molar-refractivity contribution in [2.24, 2.45) is 0 Å². The number of aliphatic hydroxyl groups is 1. The highest BCUT2D eigenvalue weighted by Crippen LogP contribution is 1.92. The fraction of sp³-hybridized carbons (Fsp3) is 0.800. The van der Waals surface area contributed by atoms with Crippen molar-refractivity contribution in [3.63, 3.8) is 0 Å². The maximum Gasteiger partial charge on any atom is 0.0933 e. The lowest BCUT2D eigenvalue weighted by Crippen LogP contribution is -2.35. The van der Waals surface area contributed by atoms with E-state index in [9.17, 15) is 9.90 Å². The van der Waals surface area contributed by atoms with Crippen LogP contribution in [0.4, 0.5) is 0 Å². The lowest BCUT2D eigenvalue weighted by Gasteiger charge is -2.07. The second-order valence-corrected chi connectivity index (χ2v) is 1.62. The van der Waals surface area contributed by atoms with Gasteiger partial charge in [-0.25, -0.2) is 0 Å². The lowest BCUT2D eigenvalue weighted by atomic mass is 10.2. The van der Waals surface area contributed by atoms with Gasteiger partial charge in [-0.3, -0.25) is 0 Å². The van der Waals surface area contributed by atoms with E-state index >= 15 is 0 Å². The van der Waals surface area contributed by atoms with E-state index in [4.69, 9.17) is 5.11 Å². The molecule has 0 saturated carbocycles. The first-order chi connectivity index (χ1) is 3.68. The second-order valence-electron chi connectivity index (χ2n) is 1.62. The largest absolute Gasteiger partial charge is 0.547 e. The van der Waals surface area contributed by atoms with Crippen LogP contribution in [0, 0.1) is 0 Å². The number of carbonyl (C=O) groups excluding carboxylic acids is 1. The Kier molecular flexibility index (Phi) is 3.19. The van der Waals surface area contributed by atoms with Gasteiger partial charge in [0.25, 0.3) is 0 Å². The zero-order valence-corrected chi connectivity index (χ0v) is 4.76. The van der Waals surface area contributed by atoms with E-state index in [0.717, 1.165) is 0 Å². The minimum Gasteiger partial charge on any atom is -0.547 e. The summed E-state index contributed by atoms with van der Waals surface area (Å²) >= 11 is 0. The van der Waals surface area contributed by atoms with E-state index < -0.39 is 12.1 Å². The zero-order chi connectivity index (χ0) is 6.57. The first-order valence-corrected chi connectivity index (χ1v) is 2.57. The third-order valence-corrected chi connectivity index (χ3v) is 0.834. The van der Waals surface area contributed by atoms with Crippen LogP contribution >= 0.6 is 0 Å². The average molecular weight is 117 g/mol. The Labute approximate surface area is 47.9 Å². The van der Waals surface area contributed by atoms with Gasteiger partial charge in [0.2, 0.25) is 0 Å². The van der Waals surface area contributed by atoms with E-state index in [2.05, 4.69) is 0 Å². The SMILES string of the molecule is CCCC(O)C(=O)[O-]. The van der Waals surface area contributed by atoms with E-state index in [0.29, 0.717) is 6.42 Å². The van der Waals surface area contributed by atoms with Gasteiger partial charge in [0.15, 0.2) is 0 Å².